The van der Waals surface area contributed by atoms with Crippen LogP contribution in [0.1, 0.15) is 33.1 Å². The fraction of sp³-hybridized carbons (Fsp3) is 0.103. The van der Waals surface area contributed by atoms with Crippen LogP contribution in [0, 0.1) is 6.92 Å². The molecule has 2 N–H and O–H groups in total. The molecule has 3 amide bonds. The summed E-state index contributed by atoms with van der Waals surface area (Å²) in [5.41, 5.74) is 4.54. The van der Waals surface area contributed by atoms with Crippen molar-refractivity contribution in [3.05, 3.63) is 119 Å². The average Bonchev–Trinajstić information content (AvgIpc) is 2.98. The highest BCUT2D eigenvalue weighted by Gasteiger charge is 2.26. The van der Waals surface area contributed by atoms with Crippen molar-refractivity contribution in [1.82, 2.24) is 5.32 Å². The number of hydrogen-bond acceptors (Lipinski definition) is 3. The largest absolute Gasteiger partial charge is 0.454 e. The third-order valence-electron chi connectivity index (χ3n) is 6.01. The van der Waals surface area contributed by atoms with Crippen LogP contribution in [0.2, 0.25) is 0 Å². The summed E-state index contributed by atoms with van der Waals surface area (Å²) in [6.07, 6.45) is 0. The van der Waals surface area contributed by atoms with E-state index in [0.717, 1.165) is 16.7 Å². The molecule has 35 heavy (non-hydrogen) atoms. The van der Waals surface area contributed by atoms with E-state index in [-0.39, 0.29) is 18.0 Å². The SMILES string of the molecule is Cc1ccc2c(c1)N(C)C(=O)c1cc(NC(=O)NC(c3ccccc3)c3ccccc3)ccc1O2. The summed E-state index contributed by atoms with van der Waals surface area (Å²) < 4.78 is 6.05. The number of carbonyl (C=O) groups is 2. The highest BCUT2D eigenvalue weighted by molar-refractivity contribution is 6.10. The zero-order chi connectivity index (χ0) is 24.4. The lowest BCUT2D eigenvalue weighted by Crippen LogP contribution is -2.33. The fourth-order valence-electron chi connectivity index (χ4n) is 4.20. The van der Waals surface area contributed by atoms with Gasteiger partial charge in [0.15, 0.2) is 5.75 Å². The number of carbonyl (C=O) groups excluding carboxylic acids is 2. The smallest absolute Gasteiger partial charge is 0.319 e. The minimum absolute atomic E-state index is 0.208. The molecule has 0 atom stereocenters. The van der Waals surface area contributed by atoms with E-state index in [1.54, 1.807) is 30.1 Å². The van der Waals surface area contributed by atoms with Crippen LogP contribution < -0.4 is 20.3 Å². The Hall–Kier alpha value is -4.58. The lowest BCUT2D eigenvalue weighted by Gasteiger charge is -2.20. The Morgan fingerprint density at radius 1 is 0.829 bits per heavy atom. The van der Waals surface area contributed by atoms with Gasteiger partial charge in [-0.25, -0.2) is 4.79 Å². The van der Waals surface area contributed by atoms with Gasteiger partial charge in [-0.3, -0.25) is 4.79 Å². The van der Waals surface area contributed by atoms with E-state index in [1.807, 2.05) is 85.8 Å². The predicted octanol–water partition coefficient (Wildman–Crippen LogP) is 6.29. The van der Waals surface area contributed by atoms with Crippen molar-refractivity contribution in [3.8, 4) is 11.5 Å². The molecule has 4 aromatic rings. The van der Waals surface area contributed by atoms with Crippen molar-refractivity contribution in [2.24, 2.45) is 0 Å². The van der Waals surface area contributed by atoms with Gasteiger partial charge < -0.3 is 20.3 Å². The number of nitrogens with zero attached hydrogens (tertiary/aromatic N) is 1. The lowest BCUT2D eigenvalue weighted by molar-refractivity contribution is 0.0993. The van der Waals surface area contributed by atoms with Gasteiger partial charge in [0.2, 0.25) is 0 Å². The third kappa shape index (κ3) is 4.59. The van der Waals surface area contributed by atoms with E-state index in [9.17, 15) is 9.59 Å². The molecule has 0 spiro atoms. The maximum absolute atomic E-state index is 13.2. The quantitative estimate of drug-likeness (QED) is 0.374. The Labute approximate surface area is 204 Å². The van der Waals surface area contributed by atoms with Crippen LogP contribution in [0.25, 0.3) is 0 Å². The van der Waals surface area contributed by atoms with Crippen LogP contribution in [-0.4, -0.2) is 19.0 Å². The summed E-state index contributed by atoms with van der Waals surface area (Å²) in [6.45, 7) is 1.97. The summed E-state index contributed by atoms with van der Waals surface area (Å²) in [7, 11) is 1.72. The number of anilines is 2. The number of nitrogens with one attached hydrogen (secondary N) is 2. The number of hydrogen-bond donors (Lipinski definition) is 2. The zero-order valence-electron chi connectivity index (χ0n) is 19.5. The van der Waals surface area contributed by atoms with E-state index in [0.29, 0.717) is 28.4 Å². The molecule has 6 heteroatoms. The van der Waals surface area contributed by atoms with Gasteiger partial charge in [-0.15, -0.1) is 0 Å². The van der Waals surface area contributed by atoms with E-state index < -0.39 is 0 Å². The van der Waals surface area contributed by atoms with Gasteiger partial charge in [0.05, 0.1) is 17.3 Å². The molecule has 5 rings (SSSR count). The molecule has 0 fully saturated rings. The first-order chi connectivity index (χ1) is 17.0. The minimum atomic E-state index is -0.378. The second kappa shape index (κ2) is 9.35. The Bertz CT molecular complexity index is 1350. The maximum Gasteiger partial charge on any atom is 0.319 e. The van der Waals surface area contributed by atoms with Gasteiger partial charge >= 0.3 is 6.03 Å². The van der Waals surface area contributed by atoms with Crippen LogP contribution in [-0.2, 0) is 0 Å². The van der Waals surface area contributed by atoms with E-state index in [4.69, 9.17) is 4.74 Å². The standard InChI is InChI=1S/C29H25N3O3/c1-19-13-15-26-24(17-19)32(2)28(33)23-18-22(14-16-25(23)35-26)30-29(34)31-27(20-9-5-3-6-10-20)21-11-7-4-8-12-21/h3-18,27H,1-2H3,(H2,30,31,34). The number of ether oxygens (including phenoxy) is 1. The van der Waals surface area contributed by atoms with Crippen molar-refractivity contribution in [2.45, 2.75) is 13.0 Å². The predicted molar refractivity (Wildman–Crippen MR) is 137 cm³/mol. The molecule has 4 aromatic carbocycles. The Balaban J connectivity index is 1.39. The first-order valence-corrected chi connectivity index (χ1v) is 11.4. The minimum Gasteiger partial charge on any atom is -0.454 e. The van der Waals surface area contributed by atoms with Crippen molar-refractivity contribution < 1.29 is 14.3 Å². The van der Waals surface area contributed by atoms with Crippen LogP contribution in [0.4, 0.5) is 16.2 Å². The summed E-state index contributed by atoms with van der Waals surface area (Å²) in [5.74, 6) is 0.846. The summed E-state index contributed by atoms with van der Waals surface area (Å²) >= 11 is 0. The summed E-state index contributed by atoms with van der Waals surface area (Å²) in [4.78, 5) is 27.8. The molecule has 174 valence electrons. The first kappa shape index (κ1) is 22.2. The van der Waals surface area contributed by atoms with E-state index >= 15 is 0 Å². The molecule has 0 saturated carbocycles. The van der Waals surface area contributed by atoms with Gasteiger partial charge in [-0.1, -0.05) is 66.7 Å². The molecule has 1 heterocycles. The molecule has 6 nitrogen and oxygen atoms in total. The molecule has 0 saturated heterocycles. The molecular formula is C29H25N3O3. The van der Waals surface area contributed by atoms with Gasteiger partial charge in [-0.2, -0.15) is 0 Å². The molecule has 1 aliphatic heterocycles. The van der Waals surface area contributed by atoms with Crippen LogP contribution in [0.15, 0.2) is 97.1 Å². The molecule has 0 aliphatic carbocycles. The number of fused-ring (bicyclic) bond motifs is 2. The molecule has 0 aromatic heterocycles. The molecular weight excluding hydrogens is 438 g/mol. The van der Waals surface area contributed by atoms with Crippen molar-refractivity contribution in [1.29, 1.82) is 0 Å². The zero-order valence-corrected chi connectivity index (χ0v) is 19.5. The average molecular weight is 464 g/mol. The van der Waals surface area contributed by atoms with Gasteiger partial charge in [0, 0.05) is 12.7 Å². The lowest BCUT2D eigenvalue weighted by atomic mass is 9.99. The number of rotatable bonds is 4. The summed E-state index contributed by atoms with van der Waals surface area (Å²) in [6, 6.07) is 29.7. The molecule has 1 aliphatic rings. The van der Waals surface area contributed by atoms with Crippen LogP contribution >= 0.6 is 0 Å². The fourth-order valence-corrected chi connectivity index (χ4v) is 4.20. The molecule has 0 unspecified atom stereocenters. The normalized spacial score (nSPS) is 12.3. The molecule has 0 radical (unpaired) electrons. The number of amides is 3. The summed E-state index contributed by atoms with van der Waals surface area (Å²) in [5, 5.41) is 5.93. The second-order valence-corrected chi connectivity index (χ2v) is 8.50. The Morgan fingerprint density at radius 3 is 2.11 bits per heavy atom. The van der Waals surface area contributed by atoms with Crippen molar-refractivity contribution in [2.75, 3.05) is 17.3 Å². The topological polar surface area (TPSA) is 70.7 Å². The Kier molecular flexibility index (Phi) is 5.94. The second-order valence-electron chi connectivity index (χ2n) is 8.50. The van der Waals surface area contributed by atoms with E-state index in [1.165, 1.54) is 0 Å². The van der Waals surface area contributed by atoms with Gasteiger partial charge in [0.25, 0.3) is 5.91 Å². The highest BCUT2D eigenvalue weighted by atomic mass is 16.5. The maximum atomic E-state index is 13.2. The Morgan fingerprint density at radius 2 is 1.46 bits per heavy atom. The third-order valence-corrected chi connectivity index (χ3v) is 6.01. The van der Waals surface area contributed by atoms with Crippen molar-refractivity contribution in [3.63, 3.8) is 0 Å². The number of aryl methyl sites for hydroxylation is 1. The van der Waals surface area contributed by atoms with Gasteiger partial charge in [-0.05, 0) is 53.9 Å². The van der Waals surface area contributed by atoms with Crippen molar-refractivity contribution >= 4 is 23.3 Å². The number of benzene rings is 4. The van der Waals surface area contributed by atoms with Crippen LogP contribution in [0.3, 0.4) is 0 Å². The van der Waals surface area contributed by atoms with Crippen LogP contribution in [0.5, 0.6) is 11.5 Å². The monoisotopic (exact) mass is 463 g/mol. The molecule has 0 bridgehead atoms. The first-order valence-electron chi connectivity index (χ1n) is 11.4. The van der Waals surface area contributed by atoms with Gasteiger partial charge in [0.1, 0.15) is 5.75 Å². The number of urea groups is 1. The highest BCUT2D eigenvalue weighted by Crippen LogP contribution is 2.39. The van der Waals surface area contributed by atoms with E-state index in [2.05, 4.69) is 10.6 Å².